The molecule has 0 amide bonds. The quantitative estimate of drug-likeness (QED) is 0.643. The van der Waals surface area contributed by atoms with Crippen molar-refractivity contribution in [2.45, 2.75) is 4.90 Å². The van der Waals surface area contributed by atoms with Gasteiger partial charge >= 0.3 is 5.69 Å². The second-order valence-electron chi connectivity index (χ2n) is 3.95. The van der Waals surface area contributed by atoms with Gasteiger partial charge in [0, 0.05) is 13.1 Å². The van der Waals surface area contributed by atoms with Crippen LogP contribution in [0.3, 0.4) is 0 Å². The molecule has 0 saturated heterocycles. The maximum atomic E-state index is 13.3. The van der Waals surface area contributed by atoms with E-state index in [4.69, 9.17) is 0 Å². The first-order valence-corrected chi connectivity index (χ1v) is 6.76. The summed E-state index contributed by atoms with van der Waals surface area (Å²) in [6, 6.07) is 12.1. The van der Waals surface area contributed by atoms with Gasteiger partial charge in [0.2, 0.25) is 5.82 Å². The number of nitro groups is 1. The Morgan fingerprint density at radius 3 is 2.45 bits per heavy atom. The zero-order chi connectivity index (χ0) is 14.7. The molecule has 2 aromatic rings. The van der Waals surface area contributed by atoms with Crippen molar-refractivity contribution in [3.63, 3.8) is 0 Å². The number of nitro benzene ring substituents is 1. The van der Waals surface area contributed by atoms with E-state index in [-0.39, 0.29) is 0 Å². The minimum Gasteiger partial charge on any atom is -0.291 e. The molecular formula is C13H11FN2O3S. The van der Waals surface area contributed by atoms with Gasteiger partial charge in [0.05, 0.1) is 15.5 Å². The standard InChI is InChI=1S/C13H11FN2O3S/c1-15(20(19)11-5-3-2-4-6-11)10-7-8-12(14)13(9-10)16(17)18/h2-9H,1H3. The molecule has 1 unspecified atom stereocenters. The lowest BCUT2D eigenvalue weighted by Crippen LogP contribution is -2.20. The molecule has 0 bridgehead atoms. The zero-order valence-corrected chi connectivity index (χ0v) is 11.3. The van der Waals surface area contributed by atoms with E-state index in [9.17, 15) is 18.7 Å². The molecule has 0 heterocycles. The monoisotopic (exact) mass is 294 g/mol. The Morgan fingerprint density at radius 1 is 1.20 bits per heavy atom. The van der Waals surface area contributed by atoms with Crippen LogP contribution in [-0.4, -0.2) is 16.2 Å². The first-order valence-electron chi connectivity index (χ1n) is 5.65. The molecule has 0 fully saturated rings. The molecule has 2 rings (SSSR count). The lowest BCUT2D eigenvalue weighted by molar-refractivity contribution is -0.387. The number of anilines is 1. The second-order valence-corrected chi connectivity index (χ2v) is 5.47. The fourth-order valence-electron chi connectivity index (χ4n) is 1.63. The minimum absolute atomic E-state index is 0.306. The maximum absolute atomic E-state index is 13.3. The molecule has 5 nitrogen and oxygen atoms in total. The van der Waals surface area contributed by atoms with Gasteiger partial charge in [-0.2, -0.15) is 4.39 Å². The number of nitrogens with zero attached hydrogens (tertiary/aromatic N) is 2. The van der Waals surface area contributed by atoms with Gasteiger partial charge in [-0.05, 0) is 24.3 Å². The number of benzene rings is 2. The number of hydrogen-bond acceptors (Lipinski definition) is 3. The van der Waals surface area contributed by atoms with Gasteiger partial charge in [-0.25, -0.2) is 4.21 Å². The molecule has 0 aliphatic carbocycles. The van der Waals surface area contributed by atoms with Crippen molar-refractivity contribution in [3.05, 3.63) is 64.5 Å². The lowest BCUT2D eigenvalue weighted by Gasteiger charge is -2.17. The van der Waals surface area contributed by atoms with Crippen LogP contribution in [0.2, 0.25) is 0 Å². The average molecular weight is 294 g/mol. The molecular weight excluding hydrogens is 283 g/mol. The predicted octanol–water partition coefficient (Wildman–Crippen LogP) is 2.89. The summed E-state index contributed by atoms with van der Waals surface area (Å²) in [6.45, 7) is 0. The SMILES string of the molecule is CN(c1ccc(F)c([N+](=O)[O-])c1)S(=O)c1ccccc1. The topological polar surface area (TPSA) is 63.4 Å². The molecule has 104 valence electrons. The molecule has 20 heavy (non-hydrogen) atoms. The molecule has 0 aliphatic rings. The Kier molecular flexibility index (Phi) is 4.09. The molecule has 0 spiro atoms. The lowest BCUT2D eigenvalue weighted by atomic mass is 10.2. The number of rotatable bonds is 4. The van der Waals surface area contributed by atoms with Crippen LogP contribution in [0.1, 0.15) is 0 Å². The van der Waals surface area contributed by atoms with Crippen molar-refractivity contribution in [2.24, 2.45) is 0 Å². The fraction of sp³-hybridized carbons (Fsp3) is 0.0769. The van der Waals surface area contributed by atoms with Gasteiger partial charge in [-0.3, -0.25) is 14.4 Å². The van der Waals surface area contributed by atoms with Crippen molar-refractivity contribution < 1.29 is 13.5 Å². The van der Waals surface area contributed by atoms with Crippen LogP contribution in [0, 0.1) is 15.9 Å². The molecule has 0 aliphatic heterocycles. The third-order valence-electron chi connectivity index (χ3n) is 2.68. The molecule has 2 aromatic carbocycles. The van der Waals surface area contributed by atoms with E-state index < -0.39 is 27.4 Å². The van der Waals surface area contributed by atoms with Crippen molar-refractivity contribution in [2.75, 3.05) is 11.4 Å². The van der Waals surface area contributed by atoms with Crippen molar-refractivity contribution in [3.8, 4) is 0 Å². The Morgan fingerprint density at radius 2 is 1.85 bits per heavy atom. The third-order valence-corrected chi connectivity index (χ3v) is 4.07. The highest BCUT2D eigenvalue weighted by atomic mass is 32.2. The van der Waals surface area contributed by atoms with E-state index in [0.717, 1.165) is 12.1 Å². The van der Waals surface area contributed by atoms with Crippen molar-refractivity contribution in [1.29, 1.82) is 0 Å². The fourth-order valence-corrected chi connectivity index (χ4v) is 2.64. The zero-order valence-electron chi connectivity index (χ0n) is 10.5. The smallest absolute Gasteiger partial charge is 0.291 e. The average Bonchev–Trinajstić information content (AvgIpc) is 2.47. The largest absolute Gasteiger partial charge is 0.306 e. The molecule has 1 atom stereocenters. The van der Waals surface area contributed by atoms with Crippen LogP contribution < -0.4 is 4.31 Å². The summed E-state index contributed by atoms with van der Waals surface area (Å²) in [4.78, 5) is 10.5. The van der Waals surface area contributed by atoms with Gasteiger partial charge in [0.15, 0.2) is 11.0 Å². The van der Waals surface area contributed by atoms with E-state index >= 15 is 0 Å². The van der Waals surface area contributed by atoms with Crippen molar-refractivity contribution >= 4 is 22.4 Å². The van der Waals surface area contributed by atoms with Crippen LogP contribution in [0.4, 0.5) is 15.8 Å². The first kappa shape index (κ1) is 14.1. The number of hydrogen-bond donors (Lipinski definition) is 0. The van der Waals surface area contributed by atoms with E-state index in [1.807, 2.05) is 0 Å². The van der Waals surface area contributed by atoms with Gasteiger partial charge in [0.1, 0.15) is 0 Å². The van der Waals surface area contributed by atoms with Gasteiger partial charge in [-0.1, -0.05) is 18.2 Å². The minimum atomic E-state index is -1.52. The molecule has 0 aromatic heterocycles. The van der Waals surface area contributed by atoms with E-state index in [1.165, 1.54) is 17.4 Å². The van der Waals surface area contributed by atoms with Crippen LogP contribution >= 0.6 is 0 Å². The van der Waals surface area contributed by atoms with E-state index in [1.54, 1.807) is 30.3 Å². The molecule has 0 radical (unpaired) electrons. The van der Waals surface area contributed by atoms with Gasteiger partial charge in [-0.15, -0.1) is 0 Å². The highest BCUT2D eigenvalue weighted by Crippen LogP contribution is 2.26. The van der Waals surface area contributed by atoms with Crippen LogP contribution in [0.15, 0.2) is 53.4 Å². The summed E-state index contributed by atoms with van der Waals surface area (Å²) >= 11 is 0. The summed E-state index contributed by atoms with van der Waals surface area (Å²) < 4.78 is 26.9. The third kappa shape index (κ3) is 2.83. The molecule has 0 N–H and O–H groups in total. The molecule has 0 saturated carbocycles. The van der Waals surface area contributed by atoms with Crippen molar-refractivity contribution in [1.82, 2.24) is 0 Å². The van der Waals surface area contributed by atoms with E-state index in [0.29, 0.717) is 10.6 Å². The summed E-state index contributed by atoms with van der Waals surface area (Å²) in [5, 5.41) is 10.7. The Balaban J connectivity index is 2.34. The summed E-state index contributed by atoms with van der Waals surface area (Å²) in [5.74, 6) is -0.919. The Bertz CT molecular complexity index is 664. The Labute approximate surface area is 117 Å². The van der Waals surface area contributed by atoms with Gasteiger partial charge in [0.25, 0.3) is 0 Å². The number of halogens is 1. The summed E-state index contributed by atoms with van der Waals surface area (Å²) in [5.41, 5.74) is -0.334. The summed E-state index contributed by atoms with van der Waals surface area (Å²) in [7, 11) is 0.00889. The van der Waals surface area contributed by atoms with Crippen LogP contribution in [0.25, 0.3) is 0 Å². The first-order chi connectivity index (χ1) is 9.50. The predicted molar refractivity (Wildman–Crippen MR) is 74.3 cm³/mol. The highest BCUT2D eigenvalue weighted by molar-refractivity contribution is 7.86. The van der Waals surface area contributed by atoms with Crippen LogP contribution in [-0.2, 0) is 11.0 Å². The van der Waals surface area contributed by atoms with E-state index in [2.05, 4.69) is 0 Å². The van der Waals surface area contributed by atoms with Crippen LogP contribution in [0.5, 0.6) is 0 Å². The Hall–Kier alpha value is -2.28. The normalized spacial score (nSPS) is 11.9. The maximum Gasteiger partial charge on any atom is 0.306 e. The highest BCUT2D eigenvalue weighted by Gasteiger charge is 2.18. The second kappa shape index (κ2) is 5.79. The molecule has 7 heteroatoms. The summed E-state index contributed by atoms with van der Waals surface area (Å²) in [6.07, 6.45) is 0. The van der Waals surface area contributed by atoms with Gasteiger partial charge < -0.3 is 0 Å².